The molecule has 1 fully saturated rings. The van der Waals surface area contributed by atoms with Crippen molar-refractivity contribution >= 4 is 17.4 Å². The van der Waals surface area contributed by atoms with Crippen molar-refractivity contribution in [2.24, 2.45) is 0 Å². The fourth-order valence-electron chi connectivity index (χ4n) is 3.99. The van der Waals surface area contributed by atoms with E-state index in [4.69, 9.17) is 9.47 Å². The van der Waals surface area contributed by atoms with Crippen LogP contribution in [0.4, 0.5) is 0 Å². The highest BCUT2D eigenvalue weighted by atomic mass is 16.5. The SMILES string of the molecule is C=CCOc1ccc(/C(O)=C2\C(=O)C(=O)N(CCN(C)C)C2c2ccc(OCCC)cc2)cc1C. The number of hydrogen-bond acceptors (Lipinski definition) is 6. The molecule has 2 aromatic carbocycles. The second-order valence-corrected chi connectivity index (χ2v) is 8.79. The molecule has 0 radical (unpaired) electrons. The number of nitrogens with zero attached hydrogens (tertiary/aromatic N) is 2. The van der Waals surface area contributed by atoms with E-state index in [-0.39, 0.29) is 11.3 Å². The second-order valence-electron chi connectivity index (χ2n) is 8.79. The predicted octanol–water partition coefficient (Wildman–Crippen LogP) is 4.33. The zero-order valence-electron chi connectivity index (χ0n) is 20.9. The Bertz CT molecular complexity index is 1100. The average molecular weight is 479 g/mol. The summed E-state index contributed by atoms with van der Waals surface area (Å²) >= 11 is 0. The number of likely N-dealkylation sites (tertiary alicyclic amines) is 1. The standard InChI is InChI=1S/C28H34N2O5/c1-6-16-34-22-11-8-20(9-12-22)25-24(27(32)28(33)30(25)15-14-29(4)5)26(31)21-10-13-23(19(3)18-21)35-17-7-2/h7-13,18,25,31H,2,6,14-17H2,1,3-5H3/b26-24+. The van der Waals surface area contributed by atoms with Crippen molar-refractivity contribution in [3.05, 3.63) is 77.4 Å². The van der Waals surface area contributed by atoms with Crippen LogP contribution in [0.1, 0.15) is 36.1 Å². The minimum atomic E-state index is -0.702. The second kappa shape index (κ2) is 11.7. The van der Waals surface area contributed by atoms with Gasteiger partial charge in [0, 0.05) is 18.7 Å². The summed E-state index contributed by atoms with van der Waals surface area (Å²) in [5, 5.41) is 11.3. The van der Waals surface area contributed by atoms with Gasteiger partial charge in [-0.1, -0.05) is 31.7 Å². The Morgan fingerprint density at radius 3 is 2.46 bits per heavy atom. The maximum atomic E-state index is 13.2. The van der Waals surface area contributed by atoms with Gasteiger partial charge in [-0.3, -0.25) is 9.59 Å². The van der Waals surface area contributed by atoms with E-state index in [1.54, 1.807) is 24.3 Å². The summed E-state index contributed by atoms with van der Waals surface area (Å²) in [6.07, 6.45) is 2.55. The largest absolute Gasteiger partial charge is 0.507 e. The van der Waals surface area contributed by atoms with Crippen LogP contribution in [0.15, 0.2) is 60.7 Å². The first-order chi connectivity index (χ1) is 16.8. The van der Waals surface area contributed by atoms with Gasteiger partial charge in [0.2, 0.25) is 0 Å². The van der Waals surface area contributed by atoms with E-state index in [2.05, 4.69) is 6.58 Å². The molecule has 7 heteroatoms. The van der Waals surface area contributed by atoms with Gasteiger partial charge in [-0.25, -0.2) is 0 Å². The molecule has 186 valence electrons. The van der Waals surface area contributed by atoms with E-state index in [9.17, 15) is 14.7 Å². The van der Waals surface area contributed by atoms with Crippen molar-refractivity contribution in [2.45, 2.75) is 26.3 Å². The summed E-state index contributed by atoms with van der Waals surface area (Å²) in [5.41, 5.74) is 2.06. The number of likely N-dealkylation sites (N-methyl/N-ethyl adjacent to an activating group) is 1. The van der Waals surface area contributed by atoms with Gasteiger partial charge in [-0.15, -0.1) is 0 Å². The lowest BCUT2D eigenvalue weighted by atomic mass is 9.94. The molecule has 1 atom stereocenters. The Balaban J connectivity index is 2.06. The van der Waals surface area contributed by atoms with Gasteiger partial charge in [0.25, 0.3) is 11.7 Å². The Labute approximate surface area is 207 Å². The van der Waals surface area contributed by atoms with Crippen molar-refractivity contribution in [1.29, 1.82) is 0 Å². The Kier molecular flexibility index (Phi) is 8.71. The third-order valence-corrected chi connectivity index (χ3v) is 5.80. The number of Topliss-reactive ketones (excluding diaryl/α,β-unsaturated/α-hetero) is 1. The van der Waals surface area contributed by atoms with E-state index in [1.807, 2.05) is 57.1 Å². The van der Waals surface area contributed by atoms with Crippen LogP contribution < -0.4 is 9.47 Å². The van der Waals surface area contributed by atoms with Gasteiger partial charge in [0.05, 0.1) is 18.2 Å². The van der Waals surface area contributed by atoms with E-state index in [1.165, 1.54) is 4.90 Å². The van der Waals surface area contributed by atoms with Crippen LogP contribution in [0.3, 0.4) is 0 Å². The lowest BCUT2D eigenvalue weighted by molar-refractivity contribution is -0.140. The zero-order valence-corrected chi connectivity index (χ0v) is 20.9. The van der Waals surface area contributed by atoms with Gasteiger partial charge >= 0.3 is 0 Å². The summed E-state index contributed by atoms with van der Waals surface area (Å²) in [5.74, 6) is -0.140. The zero-order chi connectivity index (χ0) is 25.5. The van der Waals surface area contributed by atoms with Crippen molar-refractivity contribution in [2.75, 3.05) is 40.4 Å². The molecule has 0 spiro atoms. The molecule has 0 bridgehead atoms. The van der Waals surface area contributed by atoms with Crippen molar-refractivity contribution in [3.63, 3.8) is 0 Å². The number of carbonyl (C=O) groups is 2. The maximum Gasteiger partial charge on any atom is 0.295 e. The summed E-state index contributed by atoms with van der Waals surface area (Å²) in [7, 11) is 3.81. The van der Waals surface area contributed by atoms with Crippen LogP contribution in [-0.2, 0) is 9.59 Å². The van der Waals surface area contributed by atoms with Crippen LogP contribution in [0, 0.1) is 6.92 Å². The number of benzene rings is 2. The first-order valence-corrected chi connectivity index (χ1v) is 11.8. The lowest BCUT2D eigenvalue weighted by Crippen LogP contribution is -2.35. The van der Waals surface area contributed by atoms with Gasteiger partial charge in [0.1, 0.15) is 23.9 Å². The number of amides is 1. The summed E-state index contributed by atoms with van der Waals surface area (Å²) < 4.78 is 11.3. The summed E-state index contributed by atoms with van der Waals surface area (Å²) in [4.78, 5) is 29.7. The molecule has 1 saturated heterocycles. The summed E-state index contributed by atoms with van der Waals surface area (Å²) in [6, 6.07) is 11.8. The molecular formula is C28H34N2O5. The molecule has 7 nitrogen and oxygen atoms in total. The molecule has 1 amide bonds. The highest BCUT2D eigenvalue weighted by Crippen LogP contribution is 2.40. The van der Waals surface area contributed by atoms with E-state index < -0.39 is 17.7 Å². The van der Waals surface area contributed by atoms with Crippen LogP contribution in [0.2, 0.25) is 0 Å². The normalized spacial score (nSPS) is 17.2. The number of hydrogen-bond donors (Lipinski definition) is 1. The Morgan fingerprint density at radius 1 is 1.14 bits per heavy atom. The topological polar surface area (TPSA) is 79.3 Å². The number of aliphatic hydroxyl groups is 1. The third-order valence-electron chi connectivity index (χ3n) is 5.80. The van der Waals surface area contributed by atoms with Crippen LogP contribution >= 0.6 is 0 Å². The quantitative estimate of drug-likeness (QED) is 0.224. The van der Waals surface area contributed by atoms with Gasteiger partial charge in [-0.2, -0.15) is 0 Å². The first kappa shape index (κ1) is 26.0. The monoisotopic (exact) mass is 478 g/mol. The minimum absolute atomic E-state index is 0.0788. The molecule has 1 aliphatic rings. The maximum absolute atomic E-state index is 13.2. The number of ketones is 1. The van der Waals surface area contributed by atoms with E-state index in [0.717, 1.165) is 17.5 Å². The molecule has 35 heavy (non-hydrogen) atoms. The van der Waals surface area contributed by atoms with Gasteiger partial charge < -0.3 is 24.4 Å². The smallest absolute Gasteiger partial charge is 0.295 e. The molecule has 1 N–H and O–H groups in total. The number of rotatable bonds is 11. The predicted molar refractivity (Wildman–Crippen MR) is 137 cm³/mol. The third kappa shape index (κ3) is 5.92. The van der Waals surface area contributed by atoms with Crippen LogP contribution in [-0.4, -0.2) is 67.0 Å². The number of aryl methyl sites for hydroxylation is 1. The fourth-order valence-corrected chi connectivity index (χ4v) is 3.99. The summed E-state index contributed by atoms with van der Waals surface area (Å²) in [6.45, 7) is 9.44. The highest BCUT2D eigenvalue weighted by Gasteiger charge is 2.45. The van der Waals surface area contributed by atoms with Crippen molar-refractivity contribution < 1.29 is 24.2 Å². The van der Waals surface area contributed by atoms with Gasteiger partial charge in [0.15, 0.2) is 0 Å². The molecule has 0 saturated carbocycles. The Hall–Kier alpha value is -3.58. The van der Waals surface area contributed by atoms with E-state index >= 15 is 0 Å². The molecule has 3 rings (SSSR count). The van der Waals surface area contributed by atoms with Gasteiger partial charge in [-0.05, 0) is 68.9 Å². The Morgan fingerprint density at radius 2 is 1.86 bits per heavy atom. The van der Waals surface area contributed by atoms with Crippen molar-refractivity contribution in [1.82, 2.24) is 9.80 Å². The molecule has 0 aromatic heterocycles. The molecule has 1 heterocycles. The van der Waals surface area contributed by atoms with Crippen LogP contribution in [0.25, 0.3) is 5.76 Å². The average Bonchev–Trinajstić information content (AvgIpc) is 3.10. The fraction of sp³-hybridized carbons (Fsp3) is 0.357. The van der Waals surface area contributed by atoms with Crippen molar-refractivity contribution in [3.8, 4) is 11.5 Å². The first-order valence-electron chi connectivity index (χ1n) is 11.8. The number of aliphatic hydroxyl groups excluding tert-OH is 1. The molecule has 1 aliphatic heterocycles. The lowest BCUT2D eigenvalue weighted by Gasteiger charge is -2.26. The minimum Gasteiger partial charge on any atom is -0.507 e. The number of carbonyl (C=O) groups excluding carboxylic acids is 2. The van der Waals surface area contributed by atoms with Crippen LogP contribution in [0.5, 0.6) is 11.5 Å². The molecule has 2 aromatic rings. The number of ether oxygens (including phenoxy) is 2. The molecule has 0 aliphatic carbocycles. The van der Waals surface area contributed by atoms with E-state index in [0.29, 0.717) is 43.4 Å². The molecule has 1 unspecified atom stereocenters. The highest BCUT2D eigenvalue weighted by molar-refractivity contribution is 6.46. The molecular weight excluding hydrogens is 444 g/mol.